The van der Waals surface area contributed by atoms with Gasteiger partial charge in [0.05, 0.1) is 5.56 Å². The normalized spacial score (nSPS) is 9.92. The first-order valence-corrected chi connectivity index (χ1v) is 7.05. The highest BCUT2D eigenvalue weighted by Crippen LogP contribution is 2.17. The summed E-state index contributed by atoms with van der Waals surface area (Å²) in [4.78, 5) is 34.4. The highest BCUT2D eigenvalue weighted by Gasteiger charge is 2.11. The summed E-state index contributed by atoms with van der Waals surface area (Å²) in [5.74, 6) is -1.76. The molecular weight excluding hydrogens is 315 g/mol. The molecule has 0 radical (unpaired) electrons. The van der Waals surface area contributed by atoms with Gasteiger partial charge in [0.25, 0.3) is 5.91 Å². The van der Waals surface area contributed by atoms with Crippen LogP contribution in [0.15, 0.2) is 48.5 Å². The van der Waals surface area contributed by atoms with Crippen LogP contribution >= 0.6 is 0 Å². The number of ether oxygens (including phenoxy) is 1. The summed E-state index contributed by atoms with van der Waals surface area (Å²) in [6.07, 6.45) is 0. The number of halogens is 1. The van der Waals surface area contributed by atoms with Gasteiger partial charge < -0.3 is 10.1 Å². The molecule has 0 heterocycles. The lowest BCUT2D eigenvalue weighted by molar-refractivity contribution is -0.121. The van der Waals surface area contributed by atoms with Crippen LogP contribution < -0.4 is 15.4 Å². The Morgan fingerprint density at radius 1 is 1.08 bits per heavy atom. The molecule has 0 spiro atoms. The monoisotopic (exact) mass is 330 g/mol. The predicted molar refractivity (Wildman–Crippen MR) is 85.5 cm³/mol. The van der Waals surface area contributed by atoms with Crippen LogP contribution in [0.5, 0.6) is 5.75 Å². The first-order valence-electron chi connectivity index (χ1n) is 7.05. The van der Waals surface area contributed by atoms with Crippen molar-refractivity contribution in [1.82, 2.24) is 5.32 Å². The lowest BCUT2D eigenvalue weighted by Gasteiger charge is -2.09. The maximum absolute atomic E-state index is 13.6. The van der Waals surface area contributed by atoms with Crippen molar-refractivity contribution in [3.8, 4) is 5.75 Å². The molecule has 0 fully saturated rings. The van der Waals surface area contributed by atoms with E-state index in [1.54, 1.807) is 30.3 Å². The summed E-state index contributed by atoms with van der Waals surface area (Å²) in [6, 6.07) is 11.5. The molecule has 0 aliphatic heterocycles. The zero-order chi connectivity index (χ0) is 17.5. The molecule has 24 heavy (non-hydrogen) atoms. The number of para-hydroxylation sites is 1. The first kappa shape index (κ1) is 17.1. The van der Waals surface area contributed by atoms with Crippen molar-refractivity contribution in [2.75, 3.05) is 11.9 Å². The highest BCUT2D eigenvalue weighted by molar-refractivity contribution is 6.01. The van der Waals surface area contributed by atoms with Gasteiger partial charge in [-0.2, -0.15) is 0 Å². The minimum Gasteiger partial charge on any atom is -0.484 e. The van der Waals surface area contributed by atoms with Crippen LogP contribution in [-0.2, 0) is 4.79 Å². The molecule has 0 saturated carbocycles. The zero-order valence-corrected chi connectivity index (χ0v) is 12.8. The van der Waals surface area contributed by atoms with Gasteiger partial charge in [-0.1, -0.05) is 18.2 Å². The molecule has 2 aromatic carbocycles. The van der Waals surface area contributed by atoms with Crippen molar-refractivity contribution >= 4 is 23.4 Å². The number of rotatable bonds is 5. The Bertz CT molecular complexity index is 762. The number of carbonyl (C=O) groups is 3. The number of carbonyl (C=O) groups excluding carboxylic acids is 3. The van der Waals surface area contributed by atoms with E-state index in [9.17, 15) is 18.8 Å². The summed E-state index contributed by atoms with van der Waals surface area (Å²) in [7, 11) is 0. The van der Waals surface area contributed by atoms with Crippen LogP contribution in [0, 0.1) is 5.82 Å². The molecule has 2 aromatic rings. The second kappa shape index (κ2) is 7.87. The van der Waals surface area contributed by atoms with Crippen LogP contribution in [0.25, 0.3) is 0 Å². The fraction of sp³-hybridized carbons (Fsp3) is 0.118. The molecule has 0 bridgehead atoms. The van der Waals surface area contributed by atoms with E-state index in [-0.39, 0.29) is 11.3 Å². The molecule has 2 N–H and O–H groups in total. The Morgan fingerprint density at radius 2 is 1.79 bits per heavy atom. The molecule has 124 valence electrons. The standard InChI is InChI=1S/C17H15FN2O4/c1-11(21)14-8-7-13(9-15(14)18)24-10-16(22)20-17(23)19-12-5-3-2-4-6-12/h2-9H,10H2,1H3,(H2,19,20,22,23). The smallest absolute Gasteiger partial charge is 0.325 e. The van der Waals surface area contributed by atoms with E-state index in [1.165, 1.54) is 19.1 Å². The fourth-order valence-corrected chi connectivity index (χ4v) is 1.87. The van der Waals surface area contributed by atoms with Crippen LogP contribution in [0.3, 0.4) is 0 Å². The highest BCUT2D eigenvalue weighted by atomic mass is 19.1. The van der Waals surface area contributed by atoms with E-state index in [2.05, 4.69) is 10.6 Å². The van der Waals surface area contributed by atoms with E-state index >= 15 is 0 Å². The van der Waals surface area contributed by atoms with Crippen LogP contribution in [-0.4, -0.2) is 24.3 Å². The van der Waals surface area contributed by atoms with Gasteiger partial charge in [0.1, 0.15) is 11.6 Å². The minimum absolute atomic E-state index is 0.0611. The van der Waals surface area contributed by atoms with Gasteiger partial charge >= 0.3 is 6.03 Å². The number of hydrogen-bond acceptors (Lipinski definition) is 4. The van der Waals surface area contributed by atoms with Gasteiger partial charge in [0.2, 0.25) is 0 Å². The summed E-state index contributed by atoms with van der Waals surface area (Å²) in [5.41, 5.74) is 0.472. The van der Waals surface area contributed by atoms with Gasteiger partial charge in [-0.15, -0.1) is 0 Å². The number of urea groups is 1. The van der Waals surface area contributed by atoms with Crippen molar-refractivity contribution in [2.24, 2.45) is 0 Å². The molecule has 0 aliphatic carbocycles. The third kappa shape index (κ3) is 4.91. The molecule has 0 atom stereocenters. The second-order valence-electron chi connectivity index (χ2n) is 4.85. The number of ketones is 1. The largest absolute Gasteiger partial charge is 0.484 e. The molecule has 0 aliphatic rings. The average molecular weight is 330 g/mol. The summed E-state index contributed by atoms with van der Waals surface area (Å²) < 4.78 is 18.7. The number of Topliss-reactive ketones (excluding diaryl/α,β-unsaturated/α-hetero) is 1. The zero-order valence-electron chi connectivity index (χ0n) is 12.8. The summed E-state index contributed by atoms with van der Waals surface area (Å²) in [6.45, 7) is 0.777. The fourth-order valence-electron chi connectivity index (χ4n) is 1.87. The Balaban J connectivity index is 1.83. The molecule has 7 heteroatoms. The Labute approximate surface area is 137 Å². The molecule has 3 amide bonds. The Kier molecular flexibility index (Phi) is 5.62. The number of anilines is 1. The number of nitrogens with one attached hydrogen (secondary N) is 2. The Morgan fingerprint density at radius 3 is 2.42 bits per heavy atom. The molecule has 0 unspecified atom stereocenters. The van der Waals surface area contributed by atoms with Crippen LogP contribution in [0.4, 0.5) is 14.9 Å². The first-order chi connectivity index (χ1) is 11.5. The van der Waals surface area contributed by atoms with Gasteiger partial charge in [-0.25, -0.2) is 9.18 Å². The number of benzene rings is 2. The van der Waals surface area contributed by atoms with E-state index in [4.69, 9.17) is 4.74 Å². The molecule has 0 saturated heterocycles. The van der Waals surface area contributed by atoms with Crippen molar-refractivity contribution in [3.05, 3.63) is 59.9 Å². The van der Waals surface area contributed by atoms with Crippen LogP contribution in [0.1, 0.15) is 17.3 Å². The average Bonchev–Trinajstić information content (AvgIpc) is 2.53. The van der Waals surface area contributed by atoms with Gasteiger partial charge in [-0.3, -0.25) is 14.9 Å². The lowest BCUT2D eigenvalue weighted by Crippen LogP contribution is -2.37. The second-order valence-corrected chi connectivity index (χ2v) is 4.85. The van der Waals surface area contributed by atoms with Crippen molar-refractivity contribution in [3.63, 3.8) is 0 Å². The number of hydrogen-bond donors (Lipinski definition) is 2. The summed E-state index contributed by atoms with van der Waals surface area (Å²) in [5, 5.41) is 4.56. The molecular formula is C17H15FN2O4. The van der Waals surface area contributed by atoms with E-state index in [0.29, 0.717) is 5.69 Å². The minimum atomic E-state index is -0.734. The van der Waals surface area contributed by atoms with Gasteiger partial charge in [0.15, 0.2) is 12.4 Å². The number of imide groups is 1. The van der Waals surface area contributed by atoms with E-state index in [0.717, 1.165) is 6.07 Å². The van der Waals surface area contributed by atoms with Crippen molar-refractivity contribution in [2.45, 2.75) is 6.92 Å². The third-order valence-corrected chi connectivity index (χ3v) is 2.97. The maximum Gasteiger partial charge on any atom is 0.325 e. The van der Waals surface area contributed by atoms with Gasteiger partial charge in [-0.05, 0) is 31.2 Å². The molecule has 6 nitrogen and oxygen atoms in total. The maximum atomic E-state index is 13.6. The molecule has 2 rings (SSSR count). The SMILES string of the molecule is CC(=O)c1ccc(OCC(=O)NC(=O)Nc2ccccc2)cc1F. The third-order valence-electron chi connectivity index (χ3n) is 2.97. The van der Waals surface area contributed by atoms with E-state index < -0.39 is 30.1 Å². The van der Waals surface area contributed by atoms with Crippen molar-refractivity contribution < 1.29 is 23.5 Å². The lowest BCUT2D eigenvalue weighted by atomic mass is 10.1. The van der Waals surface area contributed by atoms with E-state index in [1.807, 2.05) is 0 Å². The van der Waals surface area contributed by atoms with Crippen LogP contribution in [0.2, 0.25) is 0 Å². The predicted octanol–water partition coefficient (Wildman–Crippen LogP) is 2.76. The summed E-state index contributed by atoms with van der Waals surface area (Å²) >= 11 is 0. The quantitative estimate of drug-likeness (QED) is 0.826. The van der Waals surface area contributed by atoms with Gasteiger partial charge in [0, 0.05) is 11.8 Å². The molecule has 0 aromatic heterocycles. The Hall–Kier alpha value is -3.22. The topological polar surface area (TPSA) is 84.5 Å². The number of amides is 3. The van der Waals surface area contributed by atoms with Crippen molar-refractivity contribution in [1.29, 1.82) is 0 Å².